The fourth-order valence-corrected chi connectivity index (χ4v) is 3.68. The number of aromatic carboxylic acids is 1. The molecule has 170 valence electrons. The first-order chi connectivity index (χ1) is 16.3. The van der Waals surface area contributed by atoms with Crippen molar-refractivity contribution in [3.05, 3.63) is 112 Å². The van der Waals surface area contributed by atoms with E-state index in [1.165, 1.54) is 12.1 Å². The second-order valence-corrected chi connectivity index (χ2v) is 8.38. The molecule has 0 aliphatic heterocycles. The molecule has 8 heteroatoms. The molecule has 4 rings (SSSR count). The van der Waals surface area contributed by atoms with Crippen LogP contribution in [0.2, 0.25) is 10.0 Å². The second-order valence-electron chi connectivity index (χ2n) is 7.51. The monoisotopic (exact) mass is 491 g/mol. The highest BCUT2D eigenvalue weighted by molar-refractivity contribution is 6.31. The first kappa shape index (κ1) is 23.3. The largest absolute Gasteiger partial charge is 0.478 e. The van der Waals surface area contributed by atoms with Gasteiger partial charge < -0.3 is 15.3 Å². The van der Waals surface area contributed by atoms with Crippen LogP contribution in [0.3, 0.4) is 0 Å². The van der Waals surface area contributed by atoms with E-state index in [2.05, 4.69) is 10.3 Å². The highest BCUT2D eigenvalue weighted by Gasteiger charge is 2.16. The summed E-state index contributed by atoms with van der Waals surface area (Å²) >= 11 is 12.0. The van der Waals surface area contributed by atoms with Crippen molar-refractivity contribution < 1.29 is 14.7 Å². The Balaban J connectivity index is 1.60. The molecule has 34 heavy (non-hydrogen) atoms. The van der Waals surface area contributed by atoms with Crippen molar-refractivity contribution in [2.24, 2.45) is 0 Å². The Morgan fingerprint density at radius 3 is 2.18 bits per heavy atom. The molecule has 0 saturated carbocycles. The molecule has 4 aromatic rings. The van der Waals surface area contributed by atoms with Crippen LogP contribution in [0.5, 0.6) is 0 Å². The van der Waals surface area contributed by atoms with Gasteiger partial charge in [0.25, 0.3) is 0 Å². The summed E-state index contributed by atoms with van der Waals surface area (Å²) in [6.07, 6.45) is 1.59. The minimum absolute atomic E-state index is 0.0190. The lowest BCUT2D eigenvalue weighted by Gasteiger charge is -2.19. The standard InChI is InChI=1S/C26H19Cl2N3O3/c1-31(22-7-5-18(27)6-8-22)23-9-10-24(29-15-23)25(32)16-11-17(26(33)34)13-21(12-16)30-20-4-2-3-19(28)14-20/h2-15,30H,1H3,(H,33,34). The van der Waals surface area contributed by atoms with E-state index >= 15 is 0 Å². The van der Waals surface area contributed by atoms with Crippen LogP contribution in [0.1, 0.15) is 26.4 Å². The number of halogens is 2. The summed E-state index contributed by atoms with van der Waals surface area (Å²) < 4.78 is 0. The number of carboxylic acids is 1. The van der Waals surface area contributed by atoms with Gasteiger partial charge in [-0.1, -0.05) is 29.3 Å². The van der Waals surface area contributed by atoms with Gasteiger partial charge in [0.2, 0.25) is 5.78 Å². The molecule has 0 unspecified atom stereocenters. The van der Waals surface area contributed by atoms with Gasteiger partial charge in [0.15, 0.2) is 0 Å². The Hall–Kier alpha value is -3.87. The third-order valence-corrected chi connectivity index (χ3v) is 5.62. The molecule has 2 N–H and O–H groups in total. The predicted octanol–water partition coefficient (Wildman–Crippen LogP) is 6.83. The van der Waals surface area contributed by atoms with E-state index < -0.39 is 11.8 Å². The summed E-state index contributed by atoms with van der Waals surface area (Å²) in [5.74, 6) is -1.53. The van der Waals surface area contributed by atoms with Crippen molar-refractivity contribution in [2.45, 2.75) is 0 Å². The Morgan fingerprint density at radius 1 is 0.824 bits per heavy atom. The molecule has 0 atom stereocenters. The minimum atomic E-state index is -1.14. The summed E-state index contributed by atoms with van der Waals surface area (Å²) in [4.78, 5) is 31.0. The van der Waals surface area contributed by atoms with Crippen LogP contribution in [0, 0.1) is 0 Å². The average molecular weight is 492 g/mol. The number of anilines is 4. The molecule has 0 aliphatic carbocycles. The molecule has 1 heterocycles. The summed E-state index contributed by atoms with van der Waals surface area (Å²) in [5, 5.41) is 13.8. The van der Waals surface area contributed by atoms with Crippen LogP contribution < -0.4 is 10.2 Å². The second kappa shape index (κ2) is 9.95. The summed E-state index contributed by atoms with van der Waals surface area (Å²) in [7, 11) is 1.88. The number of ketones is 1. The molecule has 6 nitrogen and oxygen atoms in total. The van der Waals surface area contributed by atoms with E-state index in [0.717, 1.165) is 11.4 Å². The molecular weight excluding hydrogens is 473 g/mol. The number of aromatic nitrogens is 1. The molecule has 0 saturated heterocycles. The number of benzene rings is 3. The quantitative estimate of drug-likeness (QED) is 0.275. The van der Waals surface area contributed by atoms with E-state index in [9.17, 15) is 14.7 Å². The smallest absolute Gasteiger partial charge is 0.335 e. The molecule has 0 bridgehead atoms. The molecule has 0 amide bonds. The van der Waals surface area contributed by atoms with Gasteiger partial charge >= 0.3 is 5.97 Å². The van der Waals surface area contributed by atoms with Crippen molar-refractivity contribution in [2.75, 3.05) is 17.3 Å². The van der Waals surface area contributed by atoms with Gasteiger partial charge in [-0.2, -0.15) is 0 Å². The Labute approximate surface area is 206 Å². The molecule has 0 fully saturated rings. The predicted molar refractivity (Wildman–Crippen MR) is 135 cm³/mol. The molecular formula is C26H19Cl2N3O3. The maximum atomic E-state index is 13.1. The molecule has 0 aliphatic rings. The van der Waals surface area contributed by atoms with E-state index in [4.69, 9.17) is 23.2 Å². The third-order valence-electron chi connectivity index (χ3n) is 5.14. The number of carboxylic acid groups (broad SMARTS) is 1. The molecule has 0 spiro atoms. The maximum Gasteiger partial charge on any atom is 0.335 e. The number of carbonyl (C=O) groups excluding carboxylic acids is 1. The first-order valence-corrected chi connectivity index (χ1v) is 11.0. The maximum absolute atomic E-state index is 13.1. The van der Waals surface area contributed by atoms with Crippen LogP contribution in [-0.2, 0) is 0 Å². The SMILES string of the molecule is CN(c1ccc(Cl)cc1)c1ccc(C(=O)c2cc(Nc3cccc(Cl)c3)cc(C(=O)O)c2)nc1. The number of pyridine rings is 1. The number of carbonyl (C=O) groups is 2. The van der Waals surface area contributed by atoms with Crippen LogP contribution in [0.4, 0.5) is 22.7 Å². The van der Waals surface area contributed by atoms with Crippen LogP contribution in [0.15, 0.2) is 85.1 Å². The zero-order chi connectivity index (χ0) is 24.2. The van der Waals surface area contributed by atoms with E-state index in [-0.39, 0.29) is 16.8 Å². The third kappa shape index (κ3) is 5.36. The zero-order valence-corrected chi connectivity index (χ0v) is 19.5. The van der Waals surface area contributed by atoms with Crippen molar-refractivity contribution in [1.29, 1.82) is 0 Å². The van der Waals surface area contributed by atoms with Crippen molar-refractivity contribution in [3.63, 3.8) is 0 Å². The average Bonchev–Trinajstić information content (AvgIpc) is 2.83. The van der Waals surface area contributed by atoms with E-state index in [1.807, 2.05) is 24.1 Å². The topological polar surface area (TPSA) is 82.5 Å². The summed E-state index contributed by atoms with van der Waals surface area (Å²) in [6.45, 7) is 0. The Morgan fingerprint density at radius 2 is 1.53 bits per heavy atom. The van der Waals surface area contributed by atoms with Gasteiger partial charge in [0.1, 0.15) is 5.69 Å². The van der Waals surface area contributed by atoms with E-state index in [1.54, 1.807) is 60.8 Å². The summed E-state index contributed by atoms with van der Waals surface area (Å²) in [5.41, 5.74) is 3.19. The Bertz CT molecular complexity index is 1360. The number of nitrogens with one attached hydrogen (secondary N) is 1. The number of hydrogen-bond donors (Lipinski definition) is 2. The van der Waals surface area contributed by atoms with Gasteiger partial charge in [0.05, 0.1) is 17.4 Å². The van der Waals surface area contributed by atoms with Crippen LogP contribution >= 0.6 is 23.2 Å². The molecule has 3 aromatic carbocycles. The van der Waals surface area contributed by atoms with Gasteiger partial charge in [-0.3, -0.25) is 9.78 Å². The molecule has 0 radical (unpaired) electrons. The zero-order valence-electron chi connectivity index (χ0n) is 18.0. The van der Waals surface area contributed by atoms with Crippen LogP contribution in [0.25, 0.3) is 0 Å². The van der Waals surface area contributed by atoms with Gasteiger partial charge in [0, 0.05) is 39.7 Å². The fourth-order valence-electron chi connectivity index (χ4n) is 3.37. The number of nitrogens with zero attached hydrogens (tertiary/aromatic N) is 2. The summed E-state index contributed by atoms with van der Waals surface area (Å²) in [6, 6.07) is 22.1. The number of rotatable bonds is 7. The van der Waals surface area contributed by atoms with Crippen molar-refractivity contribution in [3.8, 4) is 0 Å². The fraction of sp³-hybridized carbons (Fsp3) is 0.0385. The first-order valence-electron chi connectivity index (χ1n) is 10.2. The van der Waals surface area contributed by atoms with Gasteiger partial charge in [-0.25, -0.2) is 4.79 Å². The lowest BCUT2D eigenvalue weighted by atomic mass is 10.0. The highest BCUT2D eigenvalue weighted by Crippen LogP contribution is 2.26. The minimum Gasteiger partial charge on any atom is -0.478 e. The van der Waals surface area contributed by atoms with Gasteiger partial charge in [-0.05, 0) is 72.8 Å². The Kier molecular flexibility index (Phi) is 6.82. The van der Waals surface area contributed by atoms with Crippen molar-refractivity contribution in [1.82, 2.24) is 4.98 Å². The highest BCUT2D eigenvalue weighted by atomic mass is 35.5. The lowest BCUT2D eigenvalue weighted by molar-refractivity contribution is 0.0697. The van der Waals surface area contributed by atoms with Gasteiger partial charge in [-0.15, -0.1) is 0 Å². The van der Waals surface area contributed by atoms with E-state index in [0.29, 0.717) is 21.4 Å². The van der Waals surface area contributed by atoms with Crippen molar-refractivity contribution >= 4 is 57.7 Å². The molecule has 1 aromatic heterocycles. The lowest BCUT2D eigenvalue weighted by Crippen LogP contribution is -2.11. The normalized spacial score (nSPS) is 10.6. The number of hydrogen-bond acceptors (Lipinski definition) is 5. The van der Waals surface area contributed by atoms with Crippen LogP contribution in [-0.4, -0.2) is 28.9 Å².